The molecule has 1 saturated heterocycles. The molecule has 0 bridgehead atoms. The number of benzene rings is 1. The van der Waals surface area contributed by atoms with Gasteiger partial charge in [-0.15, -0.1) is 0 Å². The van der Waals surface area contributed by atoms with Gasteiger partial charge in [-0.25, -0.2) is 19.6 Å². The highest BCUT2D eigenvalue weighted by Crippen LogP contribution is 2.30. The second-order valence-electron chi connectivity index (χ2n) is 6.44. The van der Waals surface area contributed by atoms with Crippen molar-refractivity contribution in [1.82, 2.24) is 21.3 Å². The minimum absolute atomic E-state index is 0.0504. The summed E-state index contributed by atoms with van der Waals surface area (Å²) >= 11 is 0. The van der Waals surface area contributed by atoms with Gasteiger partial charge in [0.2, 0.25) is 5.91 Å². The third-order valence-corrected chi connectivity index (χ3v) is 5.07. The van der Waals surface area contributed by atoms with Gasteiger partial charge >= 0.3 is 0 Å². The van der Waals surface area contributed by atoms with E-state index in [9.17, 15) is 13.6 Å². The largest absolute Gasteiger partial charge is 0.339 e. The van der Waals surface area contributed by atoms with Crippen LogP contribution in [-0.2, 0) is 4.79 Å². The maximum atomic E-state index is 13.4. The Balaban J connectivity index is 1.67. The summed E-state index contributed by atoms with van der Waals surface area (Å²) in [6.45, 7) is 1.83. The lowest BCUT2D eigenvalue weighted by Gasteiger charge is -2.34. The summed E-state index contributed by atoms with van der Waals surface area (Å²) < 4.78 is 26.5. The lowest BCUT2D eigenvalue weighted by Crippen LogP contribution is -2.45. The zero-order valence-electron chi connectivity index (χ0n) is 13.3. The number of halogens is 2. The molecule has 1 saturated carbocycles. The van der Waals surface area contributed by atoms with Crippen LogP contribution in [0.2, 0.25) is 0 Å². The van der Waals surface area contributed by atoms with Gasteiger partial charge in [0, 0.05) is 25.0 Å². The van der Waals surface area contributed by atoms with Crippen LogP contribution in [0, 0.1) is 17.6 Å². The van der Waals surface area contributed by atoms with Crippen LogP contribution in [0.3, 0.4) is 0 Å². The van der Waals surface area contributed by atoms with Crippen molar-refractivity contribution in [2.24, 2.45) is 5.92 Å². The Labute approximate surface area is 134 Å². The maximum Gasteiger partial charge on any atom is 0.225 e. The highest BCUT2D eigenvalue weighted by molar-refractivity contribution is 5.79. The molecule has 126 valence electrons. The average molecular weight is 324 g/mol. The van der Waals surface area contributed by atoms with Crippen LogP contribution in [0.25, 0.3) is 0 Å². The fraction of sp³-hybridized carbons (Fsp3) is 0.562. The van der Waals surface area contributed by atoms with Crippen LogP contribution in [0.15, 0.2) is 18.2 Å². The molecule has 3 rings (SSSR count). The molecule has 23 heavy (non-hydrogen) atoms. The SMILES string of the molecule is CC(c1ccc(F)c(F)c1)N(C)C(=O)C1CCC2NNNC2C1. The van der Waals surface area contributed by atoms with E-state index in [0.29, 0.717) is 11.6 Å². The van der Waals surface area contributed by atoms with Crippen molar-refractivity contribution < 1.29 is 13.6 Å². The van der Waals surface area contributed by atoms with Crippen molar-refractivity contribution >= 4 is 5.91 Å². The van der Waals surface area contributed by atoms with E-state index < -0.39 is 11.6 Å². The first-order chi connectivity index (χ1) is 11.0. The molecule has 1 aliphatic carbocycles. The minimum atomic E-state index is -0.886. The number of rotatable bonds is 3. The molecule has 1 aromatic carbocycles. The van der Waals surface area contributed by atoms with Gasteiger partial charge in [-0.2, -0.15) is 5.53 Å². The number of hydrogen-bond donors (Lipinski definition) is 3. The predicted octanol–water partition coefficient (Wildman–Crippen LogP) is 1.63. The van der Waals surface area contributed by atoms with Gasteiger partial charge < -0.3 is 4.90 Å². The molecule has 3 N–H and O–H groups in total. The van der Waals surface area contributed by atoms with Crippen molar-refractivity contribution in [3.63, 3.8) is 0 Å². The molecule has 0 radical (unpaired) electrons. The number of hydrogen-bond acceptors (Lipinski definition) is 4. The summed E-state index contributed by atoms with van der Waals surface area (Å²) in [6, 6.07) is 4.08. The third kappa shape index (κ3) is 3.22. The summed E-state index contributed by atoms with van der Waals surface area (Å²) in [7, 11) is 1.72. The van der Waals surface area contributed by atoms with E-state index >= 15 is 0 Å². The highest BCUT2D eigenvalue weighted by Gasteiger charge is 2.38. The molecule has 7 heteroatoms. The quantitative estimate of drug-likeness (QED) is 0.791. The smallest absolute Gasteiger partial charge is 0.225 e. The van der Waals surface area contributed by atoms with E-state index in [2.05, 4.69) is 16.4 Å². The molecule has 1 aliphatic heterocycles. The predicted molar refractivity (Wildman–Crippen MR) is 81.9 cm³/mol. The van der Waals surface area contributed by atoms with Crippen molar-refractivity contribution in [3.05, 3.63) is 35.4 Å². The van der Waals surface area contributed by atoms with Crippen molar-refractivity contribution in [1.29, 1.82) is 0 Å². The van der Waals surface area contributed by atoms with E-state index in [1.165, 1.54) is 6.07 Å². The lowest BCUT2D eigenvalue weighted by atomic mass is 9.82. The highest BCUT2D eigenvalue weighted by atomic mass is 19.2. The lowest BCUT2D eigenvalue weighted by molar-refractivity contribution is -0.137. The number of amides is 1. The minimum Gasteiger partial charge on any atom is -0.339 e. The monoisotopic (exact) mass is 324 g/mol. The van der Waals surface area contributed by atoms with Crippen molar-refractivity contribution in [3.8, 4) is 0 Å². The van der Waals surface area contributed by atoms with Gasteiger partial charge in [0.1, 0.15) is 0 Å². The van der Waals surface area contributed by atoms with E-state index in [4.69, 9.17) is 0 Å². The Morgan fingerprint density at radius 2 is 1.96 bits per heavy atom. The van der Waals surface area contributed by atoms with E-state index in [-0.39, 0.29) is 23.9 Å². The van der Waals surface area contributed by atoms with E-state index in [0.717, 1.165) is 31.4 Å². The fourth-order valence-corrected chi connectivity index (χ4v) is 3.43. The molecule has 4 unspecified atom stereocenters. The topological polar surface area (TPSA) is 56.4 Å². The second kappa shape index (κ2) is 6.51. The maximum absolute atomic E-state index is 13.4. The molecule has 5 nitrogen and oxygen atoms in total. The zero-order chi connectivity index (χ0) is 16.6. The first-order valence-corrected chi connectivity index (χ1v) is 7.95. The number of carbonyl (C=O) groups is 1. The Morgan fingerprint density at radius 3 is 2.70 bits per heavy atom. The van der Waals surface area contributed by atoms with Crippen LogP contribution in [0.1, 0.15) is 37.8 Å². The summed E-state index contributed by atoms with van der Waals surface area (Å²) in [4.78, 5) is 14.4. The number of hydrazine groups is 2. The summed E-state index contributed by atoms with van der Waals surface area (Å²) in [6.07, 6.45) is 2.51. The Morgan fingerprint density at radius 1 is 1.22 bits per heavy atom. The second-order valence-corrected chi connectivity index (χ2v) is 6.44. The molecular weight excluding hydrogens is 302 g/mol. The molecule has 1 amide bonds. The van der Waals surface area contributed by atoms with Gasteiger partial charge in [0.05, 0.1) is 6.04 Å². The molecule has 2 fully saturated rings. The van der Waals surface area contributed by atoms with Crippen LogP contribution >= 0.6 is 0 Å². The Bertz CT molecular complexity index is 597. The van der Waals surface area contributed by atoms with Crippen LogP contribution in [0.5, 0.6) is 0 Å². The Kier molecular flexibility index (Phi) is 4.61. The number of nitrogens with one attached hydrogen (secondary N) is 3. The summed E-state index contributed by atoms with van der Waals surface area (Å²) in [5, 5.41) is 0. The summed E-state index contributed by atoms with van der Waals surface area (Å²) in [5.41, 5.74) is 9.78. The molecule has 1 aromatic rings. The number of nitrogens with zero attached hydrogens (tertiary/aromatic N) is 1. The van der Waals surface area contributed by atoms with E-state index in [1.54, 1.807) is 11.9 Å². The number of fused-ring (bicyclic) bond motifs is 1. The van der Waals surface area contributed by atoms with Crippen LogP contribution in [0.4, 0.5) is 8.78 Å². The average Bonchev–Trinajstić information content (AvgIpc) is 3.02. The van der Waals surface area contributed by atoms with Crippen LogP contribution in [-0.4, -0.2) is 29.9 Å². The molecular formula is C16H22F2N4O. The first-order valence-electron chi connectivity index (χ1n) is 7.95. The van der Waals surface area contributed by atoms with Gasteiger partial charge in [0.25, 0.3) is 0 Å². The standard InChI is InChI=1S/C16H22F2N4O/c1-9(10-3-5-12(17)13(18)7-10)22(2)16(23)11-4-6-14-15(8-11)20-21-19-14/h3,5,7,9,11,14-15,19-21H,4,6,8H2,1-2H3. The normalized spacial score (nSPS) is 28.3. The van der Waals surface area contributed by atoms with Crippen molar-refractivity contribution in [2.45, 2.75) is 44.3 Å². The van der Waals surface area contributed by atoms with Crippen molar-refractivity contribution in [2.75, 3.05) is 7.05 Å². The Hall–Kier alpha value is -1.57. The van der Waals surface area contributed by atoms with Gasteiger partial charge in [-0.1, -0.05) is 6.07 Å². The zero-order valence-corrected chi connectivity index (χ0v) is 13.3. The molecule has 0 spiro atoms. The first kappa shape index (κ1) is 16.3. The van der Waals surface area contributed by atoms with Gasteiger partial charge in [-0.3, -0.25) is 4.79 Å². The number of carbonyl (C=O) groups excluding carboxylic acids is 1. The summed E-state index contributed by atoms with van der Waals surface area (Å²) in [5.74, 6) is -1.76. The van der Waals surface area contributed by atoms with Crippen LogP contribution < -0.4 is 16.4 Å². The van der Waals surface area contributed by atoms with E-state index in [1.807, 2.05) is 6.92 Å². The molecule has 0 aromatic heterocycles. The molecule has 2 aliphatic rings. The fourth-order valence-electron chi connectivity index (χ4n) is 3.43. The third-order valence-electron chi connectivity index (χ3n) is 5.07. The van der Waals surface area contributed by atoms with Gasteiger partial charge in [0.15, 0.2) is 11.6 Å². The molecule has 1 heterocycles. The molecule has 4 atom stereocenters. The van der Waals surface area contributed by atoms with Gasteiger partial charge in [-0.05, 0) is 43.9 Å².